The molecule has 0 aliphatic rings. The van der Waals surface area contributed by atoms with Gasteiger partial charge in [-0.2, -0.15) is 5.10 Å². The number of hydrazone groups is 1. The van der Waals surface area contributed by atoms with E-state index < -0.39 is 5.91 Å². The van der Waals surface area contributed by atoms with E-state index in [1.54, 1.807) is 25.1 Å². The molecule has 6 N–H and O–H groups in total. The minimum atomic E-state index is -0.490. The maximum absolute atomic E-state index is 11.6. The van der Waals surface area contributed by atoms with Crippen LogP contribution in [-0.4, -0.2) is 17.2 Å². The molecule has 0 aliphatic carbocycles. The first-order valence-electron chi connectivity index (χ1n) is 5.41. The van der Waals surface area contributed by atoms with E-state index in [2.05, 4.69) is 10.5 Å². The summed E-state index contributed by atoms with van der Waals surface area (Å²) in [4.78, 5) is 11.8. The Kier molecular flexibility index (Phi) is 5.40. The Morgan fingerprint density at radius 3 is 2.79 bits per heavy atom. The minimum Gasteiger partial charge on any atom is -0.507 e. The number of phenolic OH excluding ortho intramolecular Hbond substituents is 1. The second-order valence-corrected chi connectivity index (χ2v) is 4.54. The second-order valence-electron chi connectivity index (χ2n) is 3.89. The van der Waals surface area contributed by atoms with Crippen LogP contribution in [0.3, 0.4) is 0 Å². The van der Waals surface area contributed by atoms with Crippen molar-refractivity contribution >= 4 is 24.1 Å². The lowest BCUT2D eigenvalue weighted by molar-refractivity contribution is -0.116. The van der Waals surface area contributed by atoms with Crippen LogP contribution >= 0.6 is 11.9 Å². The quantitative estimate of drug-likeness (QED) is 0.284. The van der Waals surface area contributed by atoms with Crippen LogP contribution < -0.4 is 16.3 Å². The topological polar surface area (TPSA) is 114 Å². The highest BCUT2D eigenvalue weighted by atomic mass is 32.2. The van der Waals surface area contributed by atoms with Crippen molar-refractivity contribution in [3.8, 4) is 5.75 Å². The van der Waals surface area contributed by atoms with Crippen LogP contribution in [0.25, 0.3) is 0 Å². The third-order valence-electron chi connectivity index (χ3n) is 2.23. The number of amides is 1. The standard InChI is InChI=1S/C12H16N4O2S/c1-7-3-4-10(17)9(5-7)6-15-16-12(18)11(19-14)8(2)13/h3-6,17H,13-14H2,1-2H3,(H,16,18)/b11-8-,15-6+. The summed E-state index contributed by atoms with van der Waals surface area (Å²) in [5.74, 6) is -0.404. The number of aromatic hydroxyl groups is 1. The van der Waals surface area contributed by atoms with Crippen LogP contribution in [0, 0.1) is 6.92 Å². The molecule has 1 aromatic carbocycles. The van der Waals surface area contributed by atoms with E-state index in [0.717, 1.165) is 17.5 Å². The fourth-order valence-corrected chi connectivity index (χ4v) is 1.65. The normalized spacial score (nSPS) is 12.4. The van der Waals surface area contributed by atoms with Gasteiger partial charge < -0.3 is 10.8 Å². The number of aryl methyl sites for hydroxylation is 1. The van der Waals surface area contributed by atoms with Crippen molar-refractivity contribution in [1.82, 2.24) is 5.43 Å². The van der Waals surface area contributed by atoms with E-state index in [4.69, 9.17) is 10.9 Å². The van der Waals surface area contributed by atoms with Crippen molar-refractivity contribution < 1.29 is 9.90 Å². The largest absolute Gasteiger partial charge is 0.507 e. The fraction of sp³-hybridized carbons (Fsp3) is 0.167. The van der Waals surface area contributed by atoms with Crippen molar-refractivity contribution in [3.05, 3.63) is 39.9 Å². The van der Waals surface area contributed by atoms with Crippen molar-refractivity contribution in [1.29, 1.82) is 0 Å². The van der Waals surface area contributed by atoms with Gasteiger partial charge in [0, 0.05) is 11.3 Å². The van der Waals surface area contributed by atoms with Crippen LogP contribution in [0.15, 0.2) is 33.9 Å². The summed E-state index contributed by atoms with van der Waals surface area (Å²) >= 11 is 0.757. The molecule has 0 aliphatic heterocycles. The molecule has 1 aromatic rings. The molecular weight excluding hydrogens is 264 g/mol. The predicted molar refractivity (Wildman–Crippen MR) is 77.2 cm³/mol. The first kappa shape index (κ1) is 15.1. The molecule has 0 atom stereocenters. The van der Waals surface area contributed by atoms with Crippen molar-refractivity contribution in [3.63, 3.8) is 0 Å². The van der Waals surface area contributed by atoms with Crippen LogP contribution in [0.2, 0.25) is 0 Å². The molecule has 19 heavy (non-hydrogen) atoms. The molecule has 102 valence electrons. The SMILES string of the molecule is C/C(N)=C(/SN)C(=O)N/N=C/c1cc(C)ccc1O. The Hall–Kier alpha value is -1.99. The fourth-order valence-electron chi connectivity index (χ4n) is 1.31. The molecule has 0 unspecified atom stereocenters. The highest BCUT2D eigenvalue weighted by Crippen LogP contribution is 2.16. The second kappa shape index (κ2) is 6.81. The lowest BCUT2D eigenvalue weighted by atomic mass is 10.1. The summed E-state index contributed by atoms with van der Waals surface area (Å²) in [5.41, 5.74) is 9.59. The molecule has 6 nitrogen and oxygen atoms in total. The van der Waals surface area contributed by atoms with Crippen LogP contribution in [0.5, 0.6) is 5.75 Å². The summed E-state index contributed by atoms with van der Waals surface area (Å²) in [5, 5.41) is 18.7. The van der Waals surface area contributed by atoms with Crippen molar-refractivity contribution in [2.24, 2.45) is 16.0 Å². The zero-order valence-electron chi connectivity index (χ0n) is 10.7. The van der Waals surface area contributed by atoms with Gasteiger partial charge in [0.15, 0.2) is 0 Å². The molecule has 0 radical (unpaired) electrons. The molecule has 0 spiro atoms. The number of allylic oxidation sites excluding steroid dienone is 1. The van der Waals surface area contributed by atoms with Crippen molar-refractivity contribution in [2.75, 3.05) is 0 Å². The molecule has 0 saturated heterocycles. The Morgan fingerprint density at radius 1 is 1.53 bits per heavy atom. The highest BCUT2D eigenvalue weighted by molar-refractivity contribution is 8.01. The van der Waals surface area contributed by atoms with Gasteiger partial charge in [-0.3, -0.25) is 9.93 Å². The number of rotatable bonds is 4. The molecule has 0 heterocycles. The average Bonchev–Trinajstić information content (AvgIpc) is 2.34. The van der Waals surface area contributed by atoms with Crippen LogP contribution in [0.4, 0.5) is 0 Å². The van der Waals surface area contributed by atoms with Gasteiger partial charge in [-0.1, -0.05) is 11.6 Å². The maximum Gasteiger partial charge on any atom is 0.280 e. The van der Waals surface area contributed by atoms with Gasteiger partial charge in [-0.25, -0.2) is 5.43 Å². The third-order valence-corrected chi connectivity index (χ3v) is 2.98. The predicted octanol–water partition coefficient (Wildman–Crippen LogP) is 0.948. The van der Waals surface area contributed by atoms with Gasteiger partial charge in [-0.05, 0) is 37.9 Å². The van der Waals surface area contributed by atoms with Crippen LogP contribution in [-0.2, 0) is 4.79 Å². The van der Waals surface area contributed by atoms with Gasteiger partial charge in [-0.15, -0.1) is 0 Å². The van der Waals surface area contributed by atoms with Gasteiger partial charge >= 0.3 is 0 Å². The molecule has 0 fully saturated rings. The Balaban J connectivity index is 2.76. The first-order chi connectivity index (χ1) is 8.95. The van der Waals surface area contributed by atoms with Gasteiger partial charge in [0.25, 0.3) is 5.91 Å². The van der Waals surface area contributed by atoms with E-state index >= 15 is 0 Å². The molecule has 0 aromatic heterocycles. The summed E-state index contributed by atoms with van der Waals surface area (Å²) in [6, 6.07) is 5.08. The molecule has 1 rings (SSSR count). The van der Waals surface area contributed by atoms with Gasteiger partial charge in [0.2, 0.25) is 0 Å². The zero-order chi connectivity index (χ0) is 14.4. The number of carbonyl (C=O) groups excluding carboxylic acids is 1. The number of carbonyl (C=O) groups is 1. The van der Waals surface area contributed by atoms with E-state index in [1.807, 2.05) is 6.92 Å². The average molecular weight is 280 g/mol. The Morgan fingerprint density at radius 2 is 2.21 bits per heavy atom. The molecule has 0 saturated carbocycles. The number of hydrogen-bond donors (Lipinski definition) is 4. The van der Waals surface area contributed by atoms with Gasteiger partial charge in [0.05, 0.1) is 6.21 Å². The number of nitrogens with one attached hydrogen (secondary N) is 1. The van der Waals surface area contributed by atoms with Crippen LogP contribution in [0.1, 0.15) is 18.1 Å². The van der Waals surface area contributed by atoms with E-state index in [-0.39, 0.29) is 10.7 Å². The van der Waals surface area contributed by atoms with Crippen molar-refractivity contribution in [2.45, 2.75) is 13.8 Å². The minimum absolute atomic E-state index is 0.0857. The smallest absolute Gasteiger partial charge is 0.280 e. The monoisotopic (exact) mass is 280 g/mol. The molecule has 7 heteroatoms. The van der Waals surface area contributed by atoms with E-state index in [1.165, 1.54) is 6.21 Å². The van der Waals surface area contributed by atoms with E-state index in [0.29, 0.717) is 11.3 Å². The number of nitrogens with two attached hydrogens (primary N) is 2. The summed E-state index contributed by atoms with van der Waals surface area (Å²) in [6.45, 7) is 3.46. The molecule has 0 bridgehead atoms. The number of hydrogen-bond acceptors (Lipinski definition) is 6. The lowest BCUT2D eigenvalue weighted by Gasteiger charge is -2.04. The lowest BCUT2D eigenvalue weighted by Crippen LogP contribution is -2.21. The first-order valence-corrected chi connectivity index (χ1v) is 6.29. The van der Waals surface area contributed by atoms with E-state index in [9.17, 15) is 9.90 Å². The number of phenols is 1. The Labute approximate surface area is 115 Å². The maximum atomic E-state index is 11.6. The summed E-state index contributed by atoms with van der Waals surface area (Å²) < 4.78 is 0. The zero-order valence-corrected chi connectivity index (χ0v) is 11.5. The summed E-state index contributed by atoms with van der Waals surface area (Å²) in [6.07, 6.45) is 1.35. The summed E-state index contributed by atoms with van der Waals surface area (Å²) in [7, 11) is 0. The number of benzene rings is 1. The van der Waals surface area contributed by atoms with Gasteiger partial charge in [0.1, 0.15) is 10.7 Å². The third kappa shape index (κ3) is 4.31. The Bertz CT molecular complexity index is 537. The molecule has 1 amide bonds. The highest BCUT2D eigenvalue weighted by Gasteiger charge is 2.10. The number of nitrogens with zero attached hydrogens (tertiary/aromatic N) is 1. The molecular formula is C12H16N4O2S.